The zero-order valence-electron chi connectivity index (χ0n) is 11.7. The van der Waals surface area contributed by atoms with E-state index in [1.165, 1.54) is 6.42 Å². The number of hydrogen-bond acceptors (Lipinski definition) is 3. The van der Waals surface area contributed by atoms with E-state index in [-0.39, 0.29) is 12.5 Å². The van der Waals surface area contributed by atoms with Gasteiger partial charge in [-0.2, -0.15) is 0 Å². The first-order valence-electron chi connectivity index (χ1n) is 7.32. The van der Waals surface area contributed by atoms with Gasteiger partial charge in [-0.15, -0.1) is 0 Å². The normalized spacial score (nSPS) is 29.2. The number of aliphatic carboxylic acids is 1. The van der Waals surface area contributed by atoms with E-state index in [1.54, 1.807) is 0 Å². The fourth-order valence-corrected chi connectivity index (χ4v) is 3.05. The molecule has 5 nitrogen and oxygen atoms in total. The molecular weight excluding hydrogens is 244 g/mol. The summed E-state index contributed by atoms with van der Waals surface area (Å²) >= 11 is 0. The second-order valence-corrected chi connectivity index (χ2v) is 5.90. The summed E-state index contributed by atoms with van der Waals surface area (Å²) in [5.74, 6) is -0.263. The fraction of sp³-hybridized carbons (Fsp3) is 0.857. The van der Waals surface area contributed by atoms with Crippen LogP contribution in [-0.4, -0.2) is 59.0 Å². The summed E-state index contributed by atoms with van der Waals surface area (Å²) in [6.45, 7) is 4.74. The summed E-state index contributed by atoms with van der Waals surface area (Å²) < 4.78 is 0. The molecule has 2 atom stereocenters. The largest absolute Gasteiger partial charge is 0.480 e. The van der Waals surface area contributed by atoms with E-state index < -0.39 is 12.0 Å². The number of carboxylic acid groups (broad SMARTS) is 1. The molecule has 1 N–H and O–H groups in total. The minimum Gasteiger partial charge on any atom is -0.480 e. The lowest BCUT2D eigenvalue weighted by Gasteiger charge is -2.37. The highest BCUT2D eigenvalue weighted by molar-refractivity contribution is 5.80. The van der Waals surface area contributed by atoms with Crippen LogP contribution in [0.3, 0.4) is 0 Å². The molecule has 0 spiro atoms. The van der Waals surface area contributed by atoms with Crippen molar-refractivity contribution in [3.63, 3.8) is 0 Å². The Labute approximate surface area is 114 Å². The van der Waals surface area contributed by atoms with Crippen LogP contribution in [0.2, 0.25) is 0 Å². The first-order valence-corrected chi connectivity index (χ1v) is 7.32. The Morgan fingerprint density at radius 2 is 1.84 bits per heavy atom. The van der Waals surface area contributed by atoms with Gasteiger partial charge in [0.15, 0.2) is 0 Å². The van der Waals surface area contributed by atoms with Crippen LogP contribution in [0.5, 0.6) is 0 Å². The maximum atomic E-state index is 12.2. The number of hydrogen-bond donors (Lipinski definition) is 1. The van der Waals surface area contributed by atoms with Crippen LogP contribution in [0.15, 0.2) is 0 Å². The number of carbonyl (C=O) groups is 2. The van der Waals surface area contributed by atoms with Crippen LogP contribution >= 0.6 is 0 Å². The molecule has 108 valence electrons. The van der Waals surface area contributed by atoms with Gasteiger partial charge >= 0.3 is 5.97 Å². The predicted octanol–water partition coefficient (Wildman–Crippen LogP) is 1.18. The molecule has 0 bridgehead atoms. The van der Waals surface area contributed by atoms with Crippen LogP contribution in [-0.2, 0) is 9.59 Å². The highest BCUT2D eigenvalue weighted by Gasteiger charge is 2.33. The summed E-state index contributed by atoms with van der Waals surface area (Å²) in [4.78, 5) is 27.2. The maximum Gasteiger partial charge on any atom is 0.320 e. The molecule has 19 heavy (non-hydrogen) atoms. The first-order chi connectivity index (χ1) is 9.08. The van der Waals surface area contributed by atoms with Gasteiger partial charge in [-0.3, -0.25) is 14.5 Å². The zero-order chi connectivity index (χ0) is 13.8. The third kappa shape index (κ3) is 3.69. The summed E-state index contributed by atoms with van der Waals surface area (Å²) in [5, 5.41) is 9.28. The van der Waals surface area contributed by atoms with Crippen molar-refractivity contribution in [2.24, 2.45) is 5.92 Å². The molecule has 2 rings (SSSR count). The Morgan fingerprint density at radius 1 is 1.16 bits per heavy atom. The highest BCUT2D eigenvalue weighted by Crippen LogP contribution is 2.23. The molecule has 0 saturated carbocycles. The van der Waals surface area contributed by atoms with Crippen molar-refractivity contribution in [1.29, 1.82) is 0 Å². The molecule has 0 aromatic heterocycles. The minimum atomic E-state index is -0.794. The van der Waals surface area contributed by atoms with E-state index in [2.05, 4.69) is 6.92 Å². The van der Waals surface area contributed by atoms with Crippen LogP contribution in [0.4, 0.5) is 0 Å². The van der Waals surface area contributed by atoms with Crippen molar-refractivity contribution >= 4 is 11.9 Å². The average Bonchev–Trinajstić information content (AvgIpc) is 2.41. The van der Waals surface area contributed by atoms with Gasteiger partial charge in [-0.25, -0.2) is 0 Å². The molecule has 0 aliphatic carbocycles. The van der Waals surface area contributed by atoms with E-state index in [1.807, 2.05) is 9.80 Å². The maximum absolute atomic E-state index is 12.2. The Hall–Kier alpha value is -1.10. The average molecular weight is 268 g/mol. The number of nitrogens with zero attached hydrogens (tertiary/aromatic N) is 2. The molecule has 2 aliphatic rings. The Kier molecular flexibility index (Phi) is 4.80. The standard InChI is InChI=1S/C14H24N2O3/c1-11-5-8-16(12(9-11)14(18)19)10-13(17)15-6-3-2-4-7-15/h11-12H,2-10H2,1H3,(H,18,19). The number of carboxylic acids is 1. The van der Waals surface area contributed by atoms with E-state index in [4.69, 9.17) is 0 Å². The molecule has 0 aromatic rings. The van der Waals surface area contributed by atoms with Gasteiger partial charge in [0.25, 0.3) is 0 Å². The molecular formula is C14H24N2O3. The smallest absolute Gasteiger partial charge is 0.320 e. The molecule has 0 aromatic carbocycles. The van der Waals surface area contributed by atoms with Crippen molar-refractivity contribution in [2.45, 2.75) is 45.1 Å². The van der Waals surface area contributed by atoms with Crippen molar-refractivity contribution < 1.29 is 14.7 Å². The van der Waals surface area contributed by atoms with Gasteiger partial charge in [-0.05, 0) is 44.6 Å². The van der Waals surface area contributed by atoms with Crippen LogP contribution in [0, 0.1) is 5.92 Å². The molecule has 2 aliphatic heterocycles. The molecule has 2 unspecified atom stereocenters. The number of likely N-dealkylation sites (tertiary alicyclic amines) is 2. The van der Waals surface area contributed by atoms with Crippen LogP contribution in [0.25, 0.3) is 0 Å². The number of piperidine rings is 2. The van der Waals surface area contributed by atoms with E-state index in [0.717, 1.165) is 38.9 Å². The second-order valence-electron chi connectivity index (χ2n) is 5.90. The lowest BCUT2D eigenvalue weighted by atomic mass is 9.92. The predicted molar refractivity (Wildman–Crippen MR) is 71.8 cm³/mol. The summed E-state index contributed by atoms with van der Waals surface area (Å²) in [6, 6.07) is -0.488. The van der Waals surface area contributed by atoms with Crippen LogP contribution < -0.4 is 0 Å². The highest BCUT2D eigenvalue weighted by atomic mass is 16.4. The molecule has 2 saturated heterocycles. The number of carbonyl (C=O) groups excluding carboxylic acids is 1. The molecule has 2 heterocycles. The monoisotopic (exact) mass is 268 g/mol. The lowest BCUT2D eigenvalue weighted by Crippen LogP contribution is -2.51. The summed E-state index contributed by atoms with van der Waals surface area (Å²) in [5.41, 5.74) is 0. The van der Waals surface area contributed by atoms with Gasteiger partial charge < -0.3 is 10.0 Å². The lowest BCUT2D eigenvalue weighted by molar-refractivity contribution is -0.147. The van der Waals surface area contributed by atoms with Crippen molar-refractivity contribution in [2.75, 3.05) is 26.2 Å². The second kappa shape index (κ2) is 6.37. The molecule has 1 amide bonds. The van der Waals surface area contributed by atoms with Crippen LogP contribution in [0.1, 0.15) is 39.0 Å². The van der Waals surface area contributed by atoms with Gasteiger partial charge in [-0.1, -0.05) is 6.92 Å². The number of rotatable bonds is 3. The van der Waals surface area contributed by atoms with Gasteiger partial charge in [0.2, 0.25) is 5.91 Å². The quantitative estimate of drug-likeness (QED) is 0.835. The third-order valence-corrected chi connectivity index (χ3v) is 4.31. The van der Waals surface area contributed by atoms with E-state index in [0.29, 0.717) is 12.3 Å². The summed E-state index contributed by atoms with van der Waals surface area (Å²) in [6.07, 6.45) is 4.98. The van der Waals surface area contributed by atoms with E-state index in [9.17, 15) is 14.7 Å². The van der Waals surface area contributed by atoms with Crippen molar-refractivity contribution in [3.8, 4) is 0 Å². The third-order valence-electron chi connectivity index (χ3n) is 4.31. The Morgan fingerprint density at radius 3 is 2.47 bits per heavy atom. The van der Waals surface area contributed by atoms with Gasteiger partial charge in [0.05, 0.1) is 6.54 Å². The Balaban J connectivity index is 1.92. The van der Waals surface area contributed by atoms with E-state index >= 15 is 0 Å². The van der Waals surface area contributed by atoms with Crippen molar-refractivity contribution in [3.05, 3.63) is 0 Å². The Bertz CT molecular complexity index is 340. The summed E-state index contributed by atoms with van der Waals surface area (Å²) in [7, 11) is 0. The topological polar surface area (TPSA) is 60.9 Å². The number of amides is 1. The molecule has 5 heteroatoms. The zero-order valence-corrected chi connectivity index (χ0v) is 11.7. The molecule has 2 fully saturated rings. The first kappa shape index (κ1) is 14.3. The SMILES string of the molecule is CC1CCN(CC(=O)N2CCCCC2)C(C(=O)O)C1. The minimum absolute atomic E-state index is 0.0977. The molecule has 0 radical (unpaired) electrons. The van der Waals surface area contributed by atoms with Gasteiger partial charge in [0, 0.05) is 13.1 Å². The fourth-order valence-electron chi connectivity index (χ4n) is 3.05. The van der Waals surface area contributed by atoms with Crippen molar-refractivity contribution in [1.82, 2.24) is 9.80 Å². The van der Waals surface area contributed by atoms with Gasteiger partial charge in [0.1, 0.15) is 6.04 Å².